The fraction of sp³-hybridized carbons (Fsp3) is 0. The standard InChI is InChI=1S/C10H8BrN5O3/c11-5-2-1-4(9(18)19)3-6(5)13-8(17)7-14-10(12)16-15-7/h1-3H,(H,13,17)(H,18,19)(H3,12,14,15,16). The Balaban J connectivity index is 2.25. The third kappa shape index (κ3) is 2.88. The van der Waals surface area contributed by atoms with Crippen molar-refractivity contribution >= 4 is 39.4 Å². The molecule has 1 aromatic heterocycles. The number of carboxylic acids is 1. The lowest BCUT2D eigenvalue weighted by Gasteiger charge is -2.06. The molecule has 0 saturated carbocycles. The van der Waals surface area contributed by atoms with Crippen LogP contribution in [0.1, 0.15) is 21.0 Å². The van der Waals surface area contributed by atoms with Crippen LogP contribution < -0.4 is 11.1 Å². The highest BCUT2D eigenvalue weighted by atomic mass is 79.9. The molecule has 2 aromatic rings. The average molecular weight is 326 g/mol. The SMILES string of the molecule is Nc1n[nH]c(C(=O)Nc2cc(C(=O)O)ccc2Br)n1. The molecule has 1 aromatic carbocycles. The van der Waals surface area contributed by atoms with Crippen LogP contribution in [0.25, 0.3) is 0 Å². The number of nitrogens with zero attached hydrogens (tertiary/aromatic N) is 2. The first-order valence-electron chi connectivity index (χ1n) is 4.99. The Hall–Kier alpha value is -2.42. The molecule has 0 aliphatic carbocycles. The Kier molecular flexibility index (Phi) is 3.47. The Morgan fingerprint density at radius 1 is 1.42 bits per heavy atom. The molecule has 0 unspecified atom stereocenters. The van der Waals surface area contributed by atoms with Gasteiger partial charge in [0, 0.05) is 4.47 Å². The Bertz CT molecular complexity index is 654. The molecule has 5 N–H and O–H groups in total. The number of amides is 1. The van der Waals surface area contributed by atoms with Gasteiger partial charge in [0.15, 0.2) is 0 Å². The van der Waals surface area contributed by atoms with Crippen molar-refractivity contribution in [2.24, 2.45) is 0 Å². The van der Waals surface area contributed by atoms with Gasteiger partial charge in [0.05, 0.1) is 11.3 Å². The lowest BCUT2D eigenvalue weighted by molar-refractivity contribution is 0.0696. The van der Waals surface area contributed by atoms with E-state index in [1.807, 2.05) is 0 Å². The molecule has 19 heavy (non-hydrogen) atoms. The highest BCUT2D eigenvalue weighted by molar-refractivity contribution is 9.10. The number of hydrogen-bond acceptors (Lipinski definition) is 5. The van der Waals surface area contributed by atoms with E-state index in [4.69, 9.17) is 10.8 Å². The quantitative estimate of drug-likeness (QED) is 0.667. The van der Waals surface area contributed by atoms with Crippen LogP contribution in [0.2, 0.25) is 0 Å². The summed E-state index contributed by atoms with van der Waals surface area (Å²) >= 11 is 3.21. The molecule has 8 nitrogen and oxygen atoms in total. The summed E-state index contributed by atoms with van der Waals surface area (Å²) in [5.41, 5.74) is 5.64. The molecule has 2 rings (SSSR count). The fourth-order valence-corrected chi connectivity index (χ4v) is 1.66. The number of H-pyrrole nitrogens is 1. The monoisotopic (exact) mass is 325 g/mol. The smallest absolute Gasteiger partial charge is 0.335 e. The molecule has 1 amide bonds. The van der Waals surface area contributed by atoms with Crippen LogP contribution in [0.3, 0.4) is 0 Å². The number of halogens is 1. The number of anilines is 2. The van der Waals surface area contributed by atoms with Crippen LogP contribution in [0.5, 0.6) is 0 Å². The predicted octanol–water partition coefficient (Wildman–Crippen LogP) is 1.10. The number of carbonyl (C=O) groups excluding carboxylic acids is 1. The van der Waals surface area contributed by atoms with E-state index in [1.165, 1.54) is 18.2 Å². The molecular weight excluding hydrogens is 318 g/mol. The molecule has 0 aliphatic rings. The van der Waals surface area contributed by atoms with E-state index in [0.29, 0.717) is 10.2 Å². The van der Waals surface area contributed by atoms with Gasteiger partial charge in [-0.3, -0.25) is 9.89 Å². The second-order valence-corrected chi connectivity index (χ2v) is 4.35. The molecule has 98 valence electrons. The minimum atomic E-state index is -1.09. The Labute approximate surface area is 115 Å². The zero-order valence-corrected chi connectivity index (χ0v) is 10.9. The predicted molar refractivity (Wildman–Crippen MR) is 69.8 cm³/mol. The number of nitrogen functional groups attached to an aromatic ring is 1. The molecule has 0 fully saturated rings. The molecule has 9 heteroatoms. The Morgan fingerprint density at radius 3 is 2.74 bits per heavy atom. The van der Waals surface area contributed by atoms with Crippen molar-refractivity contribution in [2.75, 3.05) is 11.1 Å². The number of nitrogens with two attached hydrogens (primary N) is 1. The zero-order chi connectivity index (χ0) is 14.0. The lowest BCUT2D eigenvalue weighted by atomic mass is 10.2. The van der Waals surface area contributed by atoms with E-state index >= 15 is 0 Å². The third-order valence-electron chi connectivity index (χ3n) is 2.18. The second-order valence-electron chi connectivity index (χ2n) is 3.50. The maximum Gasteiger partial charge on any atom is 0.335 e. The van der Waals surface area contributed by atoms with Crippen LogP contribution in [0.15, 0.2) is 22.7 Å². The van der Waals surface area contributed by atoms with Gasteiger partial charge in [-0.2, -0.15) is 4.98 Å². The summed E-state index contributed by atoms with van der Waals surface area (Å²) in [6.45, 7) is 0. The van der Waals surface area contributed by atoms with Gasteiger partial charge in [-0.15, -0.1) is 5.10 Å². The summed E-state index contributed by atoms with van der Waals surface area (Å²) in [6, 6.07) is 4.26. The molecule has 0 atom stereocenters. The van der Waals surface area contributed by atoms with Gasteiger partial charge >= 0.3 is 5.97 Å². The van der Waals surface area contributed by atoms with Crippen LogP contribution in [0, 0.1) is 0 Å². The summed E-state index contributed by atoms with van der Waals surface area (Å²) < 4.78 is 0.540. The maximum atomic E-state index is 11.8. The van der Waals surface area contributed by atoms with Crippen molar-refractivity contribution in [3.63, 3.8) is 0 Å². The van der Waals surface area contributed by atoms with Gasteiger partial charge in [-0.25, -0.2) is 4.79 Å². The van der Waals surface area contributed by atoms with Gasteiger partial charge in [0.25, 0.3) is 5.91 Å². The molecule has 0 aliphatic heterocycles. The van der Waals surface area contributed by atoms with Gasteiger partial charge in [0.2, 0.25) is 11.8 Å². The van der Waals surface area contributed by atoms with Gasteiger partial charge in [-0.05, 0) is 34.1 Å². The summed E-state index contributed by atoms with van der Waals surface area (Å²) in [6.07, 6.45) is 0. The minimum Gasteiger partial charge on any atom is -0.478 e. The van der Waals surface area contributed by atoms with E-state index < -0.39 is 11.9 Å². The van der Waals surface area contributed by atoms with E-state index in [1.54, 1.807) is 0 Å². The van der Waals surface area contributed by atoms with Crippen molar-refractivity contribution in [3.05, 3.63) is 34.1 Å². The number of aromatic carboxylic acids is 1. The number of carboxylic acid groups (broad SMARTS) is 1. The molecule has 1 heterocycles. The van der Waals surface area contributed by atoms with Crippen LogP contribution in [0.4, 0.5) is 11.6 Å². The highest BCUT2D eigenvalue weighted by Gasteiger charge is 2.14. The summed E-state index contributed by atoms with van der Waals surface area (Å²) in [5, 5.41) is 17.3. The van der Waals surface area contributed by atoms with Crippen molar-refractivity contribution in [1.29, 1.82) is 0 Å². The number of carbonyl (C=O) groups is 2. The minimum absolute atomic E-state index is 0.0515. The van der Waals surface area contributed by atoms with E-state index in [9.17, 15) is 9.59 Å². The van der Waals surface area contributed by atoms with Crippen LogP contribution in [-0.2, 0) is 0 Å². The molecule has 0 radical (unpaired) electrons. The normalized spacial score (nSPS) is 10.2. The highest BCUT2D eigenvalue weighted by Crippen LogP contribution is 2.24. The number of nitrogens with one attached hydrogen (secondary N) is 2. The zero-order valence-electron chi connectivity index (χ0n) is 9.35. The number of benzene rings is 1. The van der Waals surface area contributed by atoms with Gasteiger partial charge in [-0.1, -0.05) is 0 Å². The third-order valence-corrected chi connectivity index (χ3v) is 2.87. The first-order valence-corrected chi connectivity index (χ1v) is 5.78. The number of aromatic nitrogens is 3. The van der Waals surface area contributed by atoms with E-state index in [-0.39, 0.29) is 17.3 Å². The van der Waals surface area contributed by atoms with Crippen molar-refractivity contribution in [2.45, 2.75) is 0 Å². The fourth-order valence-electron chi connectivity index (χ4n) is 1.31. The van der Waals surface area contributed by atoms with Crippen molar-refractivity contribution in [3.8, 4) is 0 Å². The molecule has 0 saturated heterocycles. The molecule has 0 spiro atoms. The second kappa shape index (κ2) is 5.06. The van der Waals surface area contributed by atoms with Crippen molar-refractivity contribution in [1.82, 2.24) is 15.2 Å². The summed E-state index contributed by atoms with van der Waals surface area (Å²) in [4.78, 5) is 26.3. The van der Waals surface area contributed by atoms with Crippen LogP contribution in [-0.4, -0.2) is 32.2 Å². The molecule has 0 bridgehead atoms. The lowest BCUT2D eigenvalue weighted by Crippen LogP contribution is -2.14. The topological polar surface area (TPSA) is 134 Å². The van der Waals surface area contributed by atoms with E-state index in [0.717, 1.165) is 0 Å². The first-order chi connectivity index (χ1) is 8.97. The van der Waals surface area contributed by atoms with Gasteiger partial charge < -0.3 is 16.2 Å². The first kappa shape index (κ1) is 13.0. The maximum absolute atomic E-state index is 11.8. The largest absolute Gasteiger partial charge is 0.478 e. The number of rotatable bonds is 3. The average Bonchev–Trinajstić information content (AvgIpc) is 2.78. The summed E-state index contributed by atoms with van der Waals surface area (Å²) in [5.74, 6) is -1.78. The number of hydrogen-bond donors (Lipinski definition) is 4. The number of aromatic amines is 1. The van der Waals surface area contributed by atoms with Crippen molar-refractivity contribution < 1.29 is 14.7 Å². The Morgan fingerprint density at radius 2 is 2.16 bits per heavy atom. The van der Waals surface area contributed by atoms with Gasteiger partial charge in [0.1, 0.15) is 0 Å². The van der Waals surface area contributed by atoms with E-state index in [2.05, 4.69) is 36.4 Å². The molecular formula is C10H8BrN5O3. The summed E-state index contributed by atoms with van der Waals surface area (Å²) in [7, 11) is 0. The van der Waals surface area contributed by atoms with Crippen LogP contribution >= 0.6 is 15.9 Å².